The van der Waals surface area contributed by atoms with E-state index in [-0.39, 0.29) is 28.4 Å². The molecule has 1 atom stereocenters. The number of halogens is 2. The van der Waals surface area contributed by atoms with Crippen LogP contribution in [0.25, 0.3) is 0 Å². The summed E-state index contributed by atoms with van der Waals surface area (Å²) in [6, 6.07) is 19.2. The predicted molar refractivity (Wildman–Crippen MR) is 135 cm³/mol. The van der Waals surface area contributed by atoms with E-state index in [0.29, 0.717) is 16.3 Å². The molecular formula is C25H16ClFN4O4S. The van der Waals surface area contributed by atoms with Gasteiger partial charge >= 0.3 is 0 Å². The van der Waals surface area contributed by atoms with Crippen molar-refractivity contribution in [1.82, 2.24) is 0 Å². The van der Waals surface area contributed by atoms with Gasteiger partial charge in [-0.3, -0.25) is 24.6 Å². The highest BCUT2D eigenvalue weighted by molar-refractivity contribution is 8.05. The van der Waals surface area contributed by atoms with Crippen LogP contribution in [0.15, 0.2) is 83.4 Å². The van der Waals surface area contributed by atoms with E-state index in [1.165, 1.54) is 35.2 Å². The Labute approximate surface area is 214 Å². The molecule has 1 saturated heterocycles. The topological polar surface area (TPSA) is 116 Å². The van der Waals surface area contributed by atoms with Crippen LogP contribution in [0.3, 0.4) is 0 Å². The average Bonchev–Trinajstić information content (AvgIpc) is 3.17. The van der Waals surface area contributed by atoms with Crippen molar-refractivity contribution in [3.8, 4) is 6.07 Å². The molecule has 1 N–H and O–H groups in total. The number of hydrogen-bond donors (Lipinski definition) is 1. The Kier molecular flexibility index (Phi) is 7.33. The van der Waals surface area contributed by atoms with Crippen LogP contribution in [-0.2, 0) is 16.0 Å². The van der Waals surface area contributed by atoms with E-state index in [0.717, 1.165) is 23.9 Å². The smallest absolute Gasteiger partial charge is 0.269 e. The van der Waals surface area contributed by atoms with Crippen molar-refractivity contribution in [3.63, 3.8) is 0 Å². The Morgan fingerprint density at radius 3 is 2.50 bits per heavy atom. The monoisotopic (exact) mass is 522 g/mol. The second-order valence-corrected chi connectivity index (χ2v) is 9.27. The van der Waals surface area contributed by atoms with E-state index in [1.54, 1.807) is 30.3 Å². The number of carbonyl (C=O) groups excluding carboxylic acids is 2. The summed E-state index contributed by atoms with van der Waals surface area (Å²) in [5, 5.41) is 23.4. The van der Waals surface area contributed by atoms with Crippen LogP contribution < -0.4 is 10.2 Å². The normalized spacial score (nSPS) is 16.4. The number of thioether (sulfide) groups is 1. The van der Waals surface area contributed by atoms with Crippen molar-refractivity contribution >= 4 is 52.2 Å². The van der Waals surface area contributed by atoms with Gasteiger partial charge in [0.15, 0.2) is 0 Å². The number of nitro groups is 1. The Morgan fingerprint density at radius 1 is 1.17 bits per heavy atom. The van der Waals surface area contributed by atoms with E-state index < -0.39 is 27.8 Å². The van der Waals surface area contributed by atoms with Gasteiger partial charge in [-0.05, 0) is 60.5 Å². The number of nitriles is 1. The number of amides is 2. The summed E-state index contributed by atoms with van der Waals surface area (Å²) in [6.07, 6.45) is 0.136. The minimum Gasteiger partial charge on any atom is -0.321 e. The number of nitrogens with zero attached hydrogens (tertiary/aromatic N) is 3. The first-order valence-corrected chi connectivity index (χ1v) is 11.7. The van der Waals surface area contributed by atoms with Gasteiger partial charge in [0.2, 0.25) is 5.91 Å². The van der Waals surface area contributed by atoms with E-state index in [1.807, 2.05) is 6.07 Å². The maximum Gasteiger partial charge on any atom is 0.269 e. The van der Waals surface area contributed by atoms with Crippen LogP contribution in [-0.4, -0.2) is 22.0 Å². The van der Waals surface area contributed by atoms with Crippen LogP contribution in [0.2, 0.25) is 5.02 Å². The summed E-state index contributed by atoms with van der Waals surface area (Å²) in [5.74, 6) is -1.65. The Morgan fingerprint density at radius 2 is 1.86 bits per heavy atom. The van der Waals surface area contributed by atoms with Crippen molar-refractivity contribution in [2.24, 2.45) is 0 Å². The third kappa shape index (κ3) is 5.38. The molecule has 180 valence electrons. The van der Waals surface area contributed by atoms with Crippen LogP contribution in [0, 0.1) is 27.3 Å². The molecule has 2 amide bonds. The lowest BCUT2D eigenvalue weighted by Crippen LogP contribution is -2.30. The average molecular weight is 523 g/mol. The predicted octanol–water partition coefficient (Wildman–Crippen LogP) is 5.45. The van der Waals surface area contributed by atoms with Gasteiger partial charge in [0.25, 0.3) is 11.6 Å². The Bertz CT molecular complexity index is 1420. The molecule has 0 radical (unpaired) electrons. The molecule has 1 fully saturated rings. The number of rotatable bonds is 6. The first-order valence-electron chi connectivity index (χ1n) is 10.5. The minimum absolute atomic E-state index is 0.107. The van der Waals surface area contributed by atoms with Crippen LogP contribution in [0.5, 0.6) is 0 Å². The molecule has 0 spiro atoms. The highest BCUT2D eigenvalue weighted by Gasteiger charge is 2.41. The number of nitrogens with one attached hydrogen (secondary N) is 1. The minimum atomic E-state index is -0.769. The van der Waals surface area contributed by atoms with Crippen LogP contribution in [0.4, 0.5) is 21.5 Å². The van der Waals surface area contributed by atoms with Crippen LogP contribution in [0.1, 0.15) is 5.56 Å². The highest BCUT2D eigenvalue weighted by Crippen LogP contribution is 2.42. The van der Waals surface area contributed by atoms with Gasteiger partial charge < -0.3 is 5.32 Å². The number of benzene rings is 3. The van der Waals surface area contributed by atoms with Gasteiger partial charge in [-0.15, -0.1) is 0 Å². The van der Waals surface area contributed by atoms with Gasteiger partial charge in [0.1, 0.15) is 22.5 Å². The molecule has 1 heterocycles. The third-order valence-corrected chi connectivity index (χ3v) is 6.75. The van der Waals surface area contributed by atoms with Gasteiger partial charge in [0, 0.05) is 28.5 Å². The van der Waals surface area contributed by atoms with Gasteiger partial charge in [0.05, 0.1) is 10.2 Å². The number of carbonyl (C=O) groups is 2. The van der Waals surface area contributed by atoms with E-state index in [2.05, 4.69) is 5.32 Å². The number of non-ortho nitro benzene ring substituents is 1. The Balaban J connectivity index is 1.72. The number of hydrogen-bond acceptors (Lipinski definition) is 6. The molecule has 4 rings (SSSR count). The maximum absolute atomic E-state index is 13.5. The molecule has 3 aromatic rings. The fourth-order valence-electron chi connectivity index (χ4n) is 3.55. The van der Waals surface area contributed by atoms with Crippen molar-refractivity contribution in [2.75, 3.05) is 10.2 Å². The lowest BCUT2D eigenvalue weighted by molar-refractivity contribution is -0.384. The van der Waals surface area contributed by atoms with E-state index >= 15 is 0 Å². The van der Waals surface area contributed by atoms with E-state index in [9.17, 15) is 29.4 Å². The molecule has 36 heavy (non-hydrogen) atoms. The number of anilines is 2. The molecule has 1 unspecified atom stereocenters. The van der Waals surface area contributed by atoms with Crippen LogP contribution >= 0.6 is 23.4 Å². The molecule has 0 aromatic heterocycles. The second-order valence-electron chi connectivity index (χ2n) is 7.64. The summed E-state index contributed by atoms with van der Waals surface area (Å²) in [7, 11) is 0. The van der Waals surface area contributed by atoms with Crippen molar-refractivity contribution in [1.29, 1.82) is 5.26 Å². The molecule has 3 aromatic carbocycles. The zero-order valence-corrected chi connectivity index (χ0v) is 19.9. The van der Waals surface area contributed by atoms with Gasteiger partial charge in [-0.1, -0.05) is 35.5 Å². The van der Waals surface area contributed by atoms with Crippen molar-refractivity contribution in [3.05, 3.63) is 110 Å². The Hall–Kier alpha value is -4.20. The van der Waals surface area contributed by atoms with Gasteiger partial charge in [-0.25, -0.2) is 4.39 Å². The molecule has 8 nitrogen and oxygen atoms in total. The molecule has 0 bridgehead atoms. The van der Waals surface area contributed by atoms with Gasteiger partial charge in [-0.2, -0.15) is 5.26 Å². The lowest BCUT2D eigenvalue weighted by Gasteiger charge is -2.19. The maximum atomic E-state index is 13.5. The largest absolute Gasteiger partial charge is 0.321 e. The van der Waals surface area contributed by atoms with Crippen molar-refractivity contribution in [2.45, 2.75) is 11.7 Å². The highest BCUT2D eigenvalue weighted by atomic mass is 35.5. The summed E-state index contributed by atoms with van der Waals surface area (Å²) in [6.45, 7) is 0. The summed E-state index contributed by atoms with van der Waals surface area (Å²) in [4.78, 5) is 38.4. The fraction of sp³-hybridized carbons (Fsp3) is 0.0800. The zero-order valence-electron chi connectivity index (χ0n) is 18.4. The second kappa shape index (κ2) is 10.6. The summed E-state index contributed by atoms with van der Waals surface area (Å²) < 4.78 is 13.2. The molecule has 1 aliphatic heterocycles. The first kappa shape index (κ1) is 24.9. The van der Waals surface area contributed by atoms with Crippen molar-refractivity contribution < 1.29 is 18.9 Å². The molecule has 11 heteroatoms. The number of nitro benzene ring substituents is 1. The van der Waals surface area contributed by atoms with E-state index in [4.69, 9.17) is 11.6 Å². The molecular weight excluding hydrogens is 507 g/mol. The fourth-order valence-corrected chi connectivity index (χ4v) is 4.98. The first-order chi connectivity index (χ1) is 17.3. The quantitative estimate of drug-likeness (QED) is 0.199. The molecule has 0 saturated carbocycles. The zero-order chi connectivity index (χ0) is 25.8. The standard InChI is InChI=1S/C25H16ClFN4O4S/c26-16-4-10-19(11-5-16)30-24(33)22(13-15-2-1-3-20(12-15)31(34)35)36-25(30)21(14-28)23(32)29-18-8-6-17(27)7-9-18/h1-12,22H,13H2,(H,29,32). The summed E-state index contributed by atoms with van der Waals surface area (Å²) in [5.41, 5.74) is 0.812. The molecule has 1 aliphatic rings. The third-order valence-electron chi connectivity index (χ3n) is 5.23. The SMILES string of the molecule is N#CC(C(=O)Nc1ccc(F)cc1)=C1SC(Cc2cccc([N+](=O)[O-])c2)C(=O)N1c1ccc(Cl)cc1. The summed E-state index contributed by atoms with van der Waals surface area (Å²) >= 11 is 7.01. The lowest BCUT2D eigenvalue weighted by atomic mass is 10.1. The molecule has 0 aliphatic carbocycles.